The minimum absolute atomic E-state index is 0.0271. The highest BCUT2D eigenvalue weighted by Crippen LogP contribution is 2.52. The molecule has 3 aliphatic heterocycles. The molecule has 3 unspecified atom stereocenters. The fraction of sp³-hybridized carbons (Fsp3) is 0.679. The van der Waals surface area contributed by atoms with Gasteiger partial charge in [-0.2, -0.15) is 0 Å². The van der Waals surface area contributed by atoms with Crippen molar-refractivity contribution in [1.29, 1.82) is 0 Å². The summed E-state index contributed by atoms with van der Waals surface area (Å²) in [6.07, 6.45) is 7.52. The molecule has 1 aromatic carbocycles. The van der Waals surface area contributed by atoms with Crippen LogP contribution in [0, 0.1) is 17.3 Å². The third kappa shape index (κ3) is 4.52. The summed E-state index contributed by atoms with van der Waals surface area (Å²) >= 11 is 4.02. The summed E-state index contributed by atoms with van der Waals surface area (Å²) in [7, 11) is 0. The van der Waals surface area contributed by atoms with Gasteiger partial charge in [-0.3, -0.25) is 0 Å². The molecule has 5 rings (SSSR count). The number of halogens is 1. The van der Waals surface area contributed by atoms with E-state index in [2.05, 4.69) is 49.7 Å². The first kappa shape index (κ1) is 24.8. The van der Waals surface area contributed by atoms with E-state index in [4.69, 9.17) is 9.47 Å². The lowest BCUT2D eigenvalue weighted by molar-refractivity contribution is -0.232. The molecular weight excluding hydrogens is 480 g/mol. The van der Waals surface area contributed by atoms with Crippen molar-refractivity contribution in [2.45, 2.75) is 102 Å². The Morgan fingerprint density at radius 1 is 1.12 bits per heavy atom. The maximum Gasteiger partial charge on any atom is 0.338 e. The number of benzene rings is 1. The van der Waals surface area contributed by atoms with Crippen LogP contribution >= 0.6 is 15.9 Å². The highest BCUT2D eigenvalue weighted by Gasteiger charge is 2.49. The number of alkyl halides is 1. The Morgan fingerprint density at radius 2 is 1.85 bits per heavy atom. The Bertz CT molecular complexity index is 953. The van der Waals surface area contributed by atoms with Crippen LogP contribution in [0.2, 0.25) is 0 Å². The van der Waals surface area contributed by atoms with Crippen LogP contribution in [0.15, 0.2) is 29.8 Å². The number of ether oxygens (including phenoxy) is 2. The maximum atomic E-state index is 13.1. The Morgan fingerprint density at radius 3 is 2.55 bits per heavy atom. The van der Waals surface area contributed by atoms with Gasteiger partial charge in [-0.05, 0) is 107 Å². The van der Waals surface area contributed by atoms with E-state index in [9.17, 15) is 9.90 Å². The fourth-order valence-electron chi connectivity index (χ4n) is 6.32. The number of aromatic hydroxyl groups is 1. The van der Waals surface area contributed by atoms with Gasteiger partial charge < -0.3 is 14.6 Å². The number of phenolic OH excluding ortho intramolecular Hbond substituents is 1. The van der Waals surface area contributed by atoms with Gasteiger partial charge in [0, 0.05) is 4.83 Å². The molecule has 6 atom stereocenters. The lowest BCUT2D eigenvalue weighted by atomic mass is 9.62. The maximum absolute atomic E-state index is 13.1. The zero-order valence-corrected chi connectivity index (χ0v) is 22.5. The molecule has 1 saturated heterocycles. The summed E-state index contributed by atoms with van der Waals surface area (Å²) in [5.41, 5.74) is 1.87. The zero-order chi connectivity index (χ0) is 24.2. The van der Waals surface area contributed by atoms with Crippen LogP contribution in [0.4, 0.5) is 0 Å². The van der Waals surface area contributed by atoms with E-state index in [-0.39, 0.29) is 34.8 Å². The number of carbonyl (C=O) groups excluding carboxylic acids is 1. The summed E-state index contributed by atoms with van der Waals surface area (Å²) in [6, 6.07) is 5.13. The second-order valence-electron chi connectivity index (χ2n) is 11.6. The van der Waals surface area contributed by atoms with E-state index >= 15 is 0 Å². The summed E-state index contributed by atoms with van der Waals surface area (Å²) < 4.78 is 12.7. The molecule has 182 valence electrons. The molecule has 0 radical (unpaired) electrons. The van der Waals surface area contributed by atoms with Crippen LogP contribution in [0.1, 0.15) is 89.6 Å². The summed E-state index contributed by atoms with van der Waals surface area (Å²) in [5.74, 6) is 0.540. The van der Waals surface area contributed by atoms with Crippen molar-refractivity contribution in [2.75, 3.05) is 0 Å². The van der Waals surface area contributed by atoms with Crippen LogP contribution in [-0.4, -0.2) is 33.2 Å². The molecule has 33 heavy (non-hydrogen) atoms. The molecule has 0 saturated carbocycles. The topological polar surface area (TPSA) is 55.8 Å². The predicted molar refractivity (Wildman–Crippen MR) is 135 cm³/mol. The van der Waals surface area contributed by atoms with Crippen molar-refractivity contribution >= 4 is 21.9 Å². The van der Waals surface area contributed by atoms with Crippen molar-refractivity contribution in [3.8, 4) is 5.75 Å². The van der Waals surface area contributed by atoms with Crippen LogP contribution in [0.5, 0.6) is 5.75 Å². The second kappa shape index (κ2) is 8.71. The van der Waals surface area contributed by atoms with Gasteiger partial charge in [0.2, 0.25) is 0 Å². The lowest BCUT2D eigenvalue weighted by Crippen LogP contribution is -2.55. The first-order valence-electron chi connectivity index (χ1n) is 12.4. The first-order chi connectivity index (χ1) is 15.4. The average Bonchev–Trinajstić information content (AvgIpc) is 2.74. The molecule has 1 aromatic rings. The van der Waals surface area contributed by atoms with Gasteiger partial charge in [-0.25, -0.2) is 4.79 Å². The molecule has 3 heterocycles. The van der Waals surface area contributed by atoms with Crippen LogP contribution in [0.3, 0.4) is 0 Å². The van der Waals surface area contributed by atoms with Crippen LogP contribution < -0.4 is 0 Å². The van der Waals surface area contributed by atoms with E-state index in [0.29, 0.717) is 22.7 Å². The molecule has 0 amide bonds. The lowest BCUT2D eigenvalue weighted by Gasteiger charge is -2.51. The van der Waals surface area contributed by atoms with Gasteiger partial charge in [-0.15, -0.1) is 0 Å². The second-order valence-corrected chi connectivity index (χ2v) is 12.8. The monoisotopic (exact) mass is 518 g/mol. The summed E-state index contributed by atoms with van der Waals surface area (Å²) in [4.78, 5) is 13.5. The predicted octanol–water partition coefficient (Wildman–Crippen LogP) is 6.97. The molecular formula is C28H39BrO4. The third-order valence-electron chi connectivity index (χ3n) is 9.03. The van der Waals surface area contributed by atoms with Gasteiger partial charge in [0.1, 0.15) is 17.5 Å². The number of esters is 1. The van der Waals surface area contributed by atoms with Crippen molar-refractivity contribution in [3.05, 3.63) is 41.0 Å². The van der Waals surface area contributed by atoms with Gasteiger partial charge >= 0.3 is 5.97 Å². The van der Waals surface area contributed by atoms with Gasteiger partial charge in [-0.1, -0.05) is 41.4 Å². The molecule has 4 bridgehead atoms. The average molecular weight is 520 g/mol. The molecule has 1 aliphatic carbocycles. The molecule has 4 aliphatic rings. The number of phenols is 1. The van der Waals surface area contributed by atoms with Crippen LogP contribution in [0.25, 0.3) is 0 Å². The Kier molecular flexibility index (Phi) is 6.54. The number of carbonyl (C=O) groups is 1. The molecule has 0 aromatic heterocycles. The Hall–Kier alpha value is -1.33. The third-order valence-corrected chi connectivity index (χ3v) is 10.4. The minimum Gasteiger partial charge on any atom is -0.508 e. The minimum atomic E-state index is -0.564. The molecule has 1 fully saturated rings. The van der Waals surface area contributed by atoms with Gasteiger partial charge in [0.15, 0.2) is 0 Å². The van der Waals surface area contributed by atoms with E-state index in [1.165, 1.54) is 5.57 Å². The molecule has 5 heteroatoms. The Labute approximate surface area is 207 Å². The molecule has 4 nitrogen and oxygen atoms in total. The fourth-order valence-corrected chi connectivity index (χ4v) is 7.06. The standard InChI is InChI=1S/C28H39BrO4/c1-17-7-10-23(29)27(5)13-11-18(2)28(6)14-12-24(26(3,4)33-28)32-25(31)19-8-9-22(30)20(15-19)16-21(17)27/h7-9,15,18,21,23-24,30H,10-14,16H2,1-6H3/t18-,21?,23+,24?,27+,28?/m1/s1. The zero-order valence-electron chi connectivity index (χ0n) is 20.9. The number of hydrogen-bond acceptors (Lipinski definition) is 4. The van der Waals surface area contributed by atoms with Crippen LogP contribution in [-0.2, 0) is 15.9 Å². The first-order valence-corrected chi connectivity index (χ1v) is 13.3. The molecule has 0 spiro atoms. The smallest absolute Gasteiger partial charge is 0.338 e. The SMILES string of the molecule is CC1=CC[C@H](Br)[C@@]2(C)CC[C@@H](C)C3(C)CCC(OC(=O)c4ccc(O)c(c4)CC12)C(C)(C)O3. The van der Waals surface area contributed by atoms with Gasteiger partial charge in [0.25, 0.3) is 0 Å². The van der Waals surface area contributed by atoms with E-state index in [1.807, 2.05) is 19.9 Å². The van der Waals surface area contributed by atoms with E-state index in [0.717, 1.165) is 37.7 Å². The quantitative estimate of drug-likeness (QED) is 0.228. The highest BCUT2D eigenvalue weighted by atomic mass is 79.9. The summed E-state index contributed by atoms with van der Waals surface area (Å²) in [6.45, 7) is 13.2. The largest absolute Gasteiger partial charge is 0.508 e. The highest BCUT2D eigenvalue weighted by molar-refractivity contribution is 9.09. The number of allylic oxidation sites excluding steroid dienone is 2. The van der Waals surface area contributed by atoms with Gasteiger partial charge in [0.05, 0.1) is 11.2 Å². The van der Waals surface area contributed by atoms with Crippen molar-refractivity contribution < 1.29 is 19.4 Å². The van der Waals surface area contributed by atoms with Crippen molar-refractivity contribution in [2.24, 2.45) is 17.3 Å². The Balaban J connectivity index is 1.79. The van der Waals surface area contributed by atoms with Crippen molar-refractivity contribution in [1.82, 2.24) is 0 Å². The normalized spacial score (nSPS) is 39.0. The molecule has 1 N–H and O–H groups in total. The number of rotatable bonds is 0. The number of hydrogen-bond donors (Lipinski definition) is 1. The summed E-state index contributed by atoms with van der Waals surface area (Å²) in [5, 5.41) is 10.7. The number of fused-ring (bicyclic) bond motifs is 5. The van der Waals surface area contributed by atoms with E-state index < -0.39 is 5.60 Å². The van der Waals surface area contributed by atoms with Crippen molar-refractivity contribution in [3.63, 3.8) is 0 Å². The van der Waals surface area contributed by atoms with E-state index in [1.54, 1.807) is 12.1 Å².